The molecule has 1 atom stereocenters. The standard InChI is InChI=1S/C18H25N3O3S/c1-13(2)21-12-14(10-17(21)23)18(24)20-7-5-19(6-8-20)16(22)11-15-4-3-9-25-15/h3-4,9,13-14H,5-8,10-12H2,1-2H3. The summed E-state index contributed by atoms with van der Waals surface area (Å²) in [6.07, 6.45) is 0.751. The lowest BCUT2D eigenvalue weighted by Crippen LogP contribution is -2.52. The van der Waals surface area contributed by atoms with E-state index >= 15 is 0 Å². The highest BCUT2D eigenvalue weighted by Gasteiger charge is 2.38. The molecular weight excluding hydrogens is 338 g/mol. The van der Waals surface area contributed by atoms with E-state index in [4.69, 9.17) is 0 Å². The second-order valence-electron chi connectivity index (χ2n) is 7.00. The Balaban J connectivity index is 1.49. The largest absolute Gasteiger partial charge is 0.339 e. The molecule has 1 aromatic rings. The van der Waals surface area contributed by atoms with Crippen molar-refractivity contribution < 1.29 is 14.4 Å². The van der Waals surface area contributed by atoms with Crippen LogP contribution in [0.1, 0.15) is 25.1 Å². The van der Waals surface area contributed by atoms with Gasteiger partial charge in [0.15, 0.2) is 0 Å². The highest BCUT2D eigenvalue weighted by molar-refractivity contribution is 7.10. The normalized spacial score (nSPS) is 21.3. The lowest BCUT2D eigenvalue weighted by atomic mass is 10.1. The molecule has 3 heterocycles. The van der Waals surface area contributed by atoms with Gasteiger partial charge in [-0.25, -0.2) is 0 Å². The van der Waals surface area contributed by atoms with Crippen LogP contribution in [-0.2, 0) is 20.8 Å². The van der Waals surface area contributed by atoms with Crippen LogP contribution >= 0.6 is 11.3 Å². The highest BCUT2D eigenvalue weighted by atomic mass is 32.1. The van der Waals surface area contributed by atoms with Gasteiger partial charge in [0, 0.05) is 50.1 Å². The predicted molar refractivity (Wildman–Crippen MR) is 96.1 cm³/mol. The van der Waals surface area contributed by atoms with Crippen molar-refractivity contribution in [3.05, 3.63) is 22.4 Å². The van der Waals surface area contributed by atoms with E-state index in [9.17, 15) is 14.4 Å². The third-order valence-electron chi connectivity index (χ3n) is 4.98. The molecule has 2 saturated heterocycles. The maximum absolute atomic E-state index is 12.7. The summed E-state index contributed by atoms with van der Waals surface area (Å²) >= 11 is 1.59. The summed E-state index contributed by atoms with van der Waals surface area (Å²) in [5.74, 6) is 0.0137. The van der Waals surface area contributed by atoms with E-state index in [0.717, 1.165) is 4.88 Å². The molecule has 25 heavy (non-hydrogen) atoms. The molecule has 3 rings (SSSR count). The van der Waals surface area contributed by atoms with Gasteiger partial charge in [-0.2, -0.15) is 0 Å². The van der Waals surface area contributed by atoms with Crippen molar-refractivity contribution in [2.75, 3.05) is 32.7 Å². The molecule has 0 saturated carbocycles. The van der Waals surface area contributed by atoms with Crippen molar-refractivity contribution in [3.8, 4) is 0 Å². The summed E-state index contributed by atoms with van der Waals surface area (Å²) in [6, 6.07) is 4.06. The van der Waals surface area contributed by atoms with E-state index in [1.165, 1.54) is 0 Å². The van der Waals surface area contributed by atoms with Crippen molar-refractivity contribution in [2.24, 2.45) is 5.92 Å². The fourth-order valence-corrected chi connectivity index (χ4v) is 4.20. The molecule has 3 amide bonds. The number of likely N-dealkylation sites (tertiary alicyclic amines) is 1. The summed E-state index contributed by atoms with van der Waals surface area (Å²) in [6.45, 7) is 6.73. The van der Waals surface area contributed by atoms with Crippen LogP contribution in [-0.4, -0.2) is 71.2 Å². The molecule has 2 aliphatic rings. The van der Waals surface area contributed by atoms with Gasteiger partial charge < -0.3 is 14.7 Å². The van der Waals surface area contributed by atoms with Crippen LogP contribution < -0.4 is 0 Å². The van der Waals surface area contributed by atoms with Gasteiger partial charge in [0.25, 0.3) is 0 Å². The van der Waals surface area contributed by atoms with Crippen molar-refractivity contribution in [2.45, 2.75) is 32.7 Å². The molecular formula is C18H25N3O3S. The molecule has 0 aromatic carbocycles. The first-order valence-electron chi connectivity index (χ1n) is 8.84. The number of thiophene rings is 1. The van der Waals surface area contributed by atoms with Gasteiger partial charge in [0.05, 0.1) is 12.3 Å². The van der Waals surface area contributed by atoms with Crippen LogP contribution in [0.2, 0.25) is 0 Å². The molecule has 6 nitrogen and oxygen atoms in total. The Morgan fingerprint density at radius 2 is 1.88 bits per heavy atom. The average molecular weight is 363 g/mol. The first kappa shape index (κ1) is 17.9. The Bertz CT molecular complexity index is 636. The third kappa shape index (κ3) is 4.03. The van der Waals surface area contributed by atoms with Gasteiger partial charge >= 0.3 is 0 Å². The Kier molecular flexibility index (Phi) is 5.42. The van der Waals surface area contributed by atoms with Crippen molar-refractivity contribution >= 4 is 29.1 Å². The van der Waals surface area contributed by atoms with Crippen LogP contribution in [0.3, 0.4) is 0 Å². The number of hydrogen-bond donors (Lipinski definition) is 0. The highest BCUT2D eigenvalue weighted by Crippen LogP contribution is 2.23. The summed E-state index contributed by atoms with van der Waals surface area (Å²) in [5, 5.41) is 1.97. The summed E-state index contributed by atoms with van der Waals surface area (Å²) in [7, 11) is 0. The van der Waals surface area contributed by atoms with Crippen LogP contribution in [0.15, 0.2) is 17.5 Å². The minimum Gasteiger partial charge on any atom is -0.339 e. The van der Waals surface area contributed by atoms with Crippen molar-refractivity contribution in [3.63, 3.8) is 0 Å². The predicted octanol–water partition coefficient (Wildman–Crippen LogP) is 1.22. The van der Waals surface area contributed by atoms with Crippen LogP contribution in [0.5, 0.6) is 0 Å². The van der Waals surface area contributed by atoms with Crippen LogP contribution in [0.4, 0.5) is 0 Å². The second kappa shape index (κ2) is 7.56. The van der Waals surface area contributed by atoms with Gasteiger partial charge in [-0.05, 0) is 25.3 Å². The molecule has 0 bridgehead atoms. The molecule has 2 fully saturated rings. The number of hydrogen-bond acceptors (Lipinski definition) is 4. The zero-order valence-corrected chi connectivity index (χ0v) is 15.6. The third-order valence-corrected chi connectivity index (χ3v) is 5.86. The SMILES string of the molecule is CC(C)N1CC(C(=O)N2CCN(C(=O)Cc3cccs3)CC2)CC1=O. The number of carbonyl (C=O) groups is 3. The zero-order valence-electron chi connectivity index (χ0n) is 14.8. The van der Waals surface area contributed by atoms with E-state index in [0.29, 0.717) is 45.6 Å². The maximum Gasteiger partial charge on any atom is 0.228 e. The lowest BCUT2D eigenvalue weighted by Gasteiger charge is -2.36. The summed E-state index contributed by atoms with van der Waals surface area (Å²) in [4.78, 5) is 43.5. The molecule has 1 aromatic heterocycles. The number of piperazine rings is 1. The first-order chi connectivity index (χ1) is 12.0. The van der Waals surface area contributed by atoms with E-state index in [1.807, 2.05) is 41.2 Å². The lowest BCUT2D eigenvalue weighted by molar-refractivity contribution is -0.141. The van der Waals surface area contributed by atoms with Gasteiger partial charge in [-0.15, -0.1) is 11.3 Å². The average Bonchev–Trinajstić information content (AvgIpc) is 3.23. The second-order valence-corrected chi connectivity index (χ2v) is 8.04. The van der Waals surface area contributed by atoms with Crippen LogP contribution in [0, 0.1) is 5.92 Å². The maximum atomic E-state index is 12.7. The number of nitrogens with zero attached hydrogens (tertiary/aromatic N) is 3. The fourth-order valence-electron chi connectivity index (χ4n) is 3.50. The Morgan fingerprint density at radius 3 is 2.44 bits per heavy atom. The first-order valence-corrected chi connectivity index (χ1v) is 9.72. The minimum absolute atomic E-state index is 0.0573. The Morgan fingerprint density at radius 1 is 1.20 bits per heavy atom. The Labute approximate surface area is 152 Å². The number of rotatable bonds is 4. The molecule has 1 unspecified atom stereocenters. The summed E-state index contributed by atoms with van der Waals surface area (Å²) in [5.41, 5.74) is 0. The summed E-state index contributed by atoms with van der Waals surface area (Å²) < 4.78 is 0. The van der Waals surface area contributed by atoms with Crippen molar-refractivity contribution in [1.29, 1.82) is 0 Å². The monoisotopic (exact) mass is 363 g/mol. The van der Waals surface area contributed by atoms with Crippen molar-refractivity contribution in [1.82, 2.24) is 14.7 Å². The van der Waals surface area contributed by atoms with E-state index in [-0.39, 0.29) is 29.7 Å². The van der Waals surface area contributed by atoms with Gasteiger partial charge in [-0.1, -0.05) is 6.07 Å². The van der Waals surface area contributed by atoms with Gasteiger partial charge in [-0.3, -0.25) is 14.4 Å². The van der Waals surface area contributed by atoms with E-state index < -0.39 is 0 Å². The fraction of sp³-hybridized carbons (Fsp3) is 0.611. The smallest absolute Gasteiger partial charge is 0.228 e. The molecule has 0 radical (unpaired) electrons. The molecule has 2 aliphatic heterocycles. The zero-order chi connectivity index (χ0) is 18.0. The molecule has 0 aliphatic carbocycles. The molecule has 136 valence electrons. The van der Waals surface area contributed by atoms with Crippen LogP contribution in [0.25, 0.3) is 0 Å². The molecule has 0 spiro atoms. The van der Waals surface area contributed by atoms with E-state index in [1.54, 1.807) is 16.2 Å². The van der Waals surface area contributed by atoms with E-state index in [2.05, 4.69) is 0 Å². The molecule has 7 heteroatoms. The van der Waals surface area contributed by atoms with Gasteiger partial charge in [0.1, 0.15) is 0 Å². The topological polar surface area (TPSA) is 60.9 Å². The minimum atomic E-state index is -0.233. The number of carbonyl (C=O) groups excluding carboxylic acids is 3. The van der Waals surface area contributed by atoms with Gasteiger partial charge in [0.2, 0.25) is 17.7 Å². The Hall–Kier alpha value is -1.89. The quantitative estimate of drug-likeness (QED) is 0.808. The molecule has 0 N–H and O–H groups in total. The number of amides is 3.